The van der Waals surface area contributed by atoms with Gasteiger partial charge in [-0.2, -0.15) is 0 Å². The predicted octanol–water partition coefficient (Wildman–Crippen LogP) is 7.24. The van der Waals surface area contributed by atoms with Crippen LogP contribution in [-0.2, 0) is 0 Å². The van der Waals surface area contributed by atoms with Gasteiger partial charge in [0.1, 0.15) is 0 Å². The molecule has 9 atom stereocenters. The molecule has 7 nitrogen and oxygen atoms in total. The van der Waals surface area contributed by atoms with E-state index in [4.69, 9.17) is 4.42 Å². The Morgan fingerprint density at radius 2 is 1.72 bits per heavy atom. The molecule has 3 N–H and O–H groups in total. The monoisotopic (exact) mass is 626 g/mol. The molecule has 6 aliphatic carbocycles. The maximum absolute atomic E-state index is 14.4. The fourth-order valence-corrected chi connectivity index (χ4v) is 11.1. The number of rotatable bonds is 8. The number of Topliss-reactive ketones (excluding diaryl/α,β-unsaturated/α-hetero) is 1. The highest BCUT2D eigenvalue weighted by molar-refractivity contribution is 6.08. The van der Waals surface area contributed by atoms with E-state index < -0.39 is 22.5 Å². The number of carbonyl (C=O) groups is 2. The summed E-state index contributed by atoms with van der Waals surface area (Å²) in [6.45, 7) is 9.47. The summed E-state index contributed by atoms with van der Waals surface area (Å²) in [4.78, 5) is 30.0. The fourth-order valence-electron chi connectivity index (χ4n) is 11.1. The standard InChI is InChI=1S/C39H50N2O5/c1-5-21-41(34(44)40-26(2)27-10-7-6-8-11-27)25-38(45)18-15-32-36(38,4)17-14-31-35(3)16-13-28(42)23-37(35)19-20-39(31,32)29(24-37)33(43)30-12-9-22-46-30/h6-12,19-20,22,24,26,28,31-32,42,45H,5,13-18,21,23,25H2,1-4H3,(H,40,44)/t26-,28?,31-,32-,35-,36+,37+,38-,39-/m1/s1. The van der Waals surface area contributed by atoms with Crippen molar-refractivity contribution in [2.45, 2.75) is 96.8 Å². The smallest absolute Gasteiger partial charge is 0.317 e. The van der Waals surface area contributed by atoms with Gasteiger partial charge in [0.25, 0.3) is 0 Å². The summed E-state index contributed by atoms with van der Waals surface area (Å²) in [5.41, 5.74) is -0.850. The van der Waals surface area contributed by atoms with Crippen molar-refractivity contribution in [1.29, 1.82) is 0 Å². The third-order valence-corrected chi connectivity index (χ3v) is 13.6. The molecule has 2 aromatic rings. The van der Waals surface area contributed by atoms with E-state index in [-0.39, 0.29) is 47.1 Å². The molecule has 7 heteroatoms. The van der Waals surface area contributed by atoms with Crippen molar-refractivity contribution >= 4 is 11.8 Å². The van der Waals surface area contributed by atoms with Crippen molar-refractivity contribution < 1.29 is 24.2 Å². The number of urea groups is 1. The van der Waals surface area contributed by atoms with Crippen LogP contribution in [0, 0.1) is 33.5 Å². The van der Waals surface area contributed by atoms with Gasteiger partial charge in [-0.25, -0.2) is 4.79 Å². The highest BCUT2D eigenvalue weighted by Crippen LogP contribution is 2.78. The summed E-state index contributed by atoms with van der Waals surface area (Å²) in [7, 11) is 0. The normalized spacial score (nSPS) is 39.5. The summed E-state index contributed by atoms with van der Waals surface area (Å²) in [6.07, 6.45) is 14.1. The Labute approximate surface area is 273 Å². The van der Waals surface area contributed by atoms with Gasteiger partial charge in [-0.3, -0.25) is 4.79 Å². The van der Waals surface area contributed by atoms with E-state index in [1.807, 2.05) is 42.2 Å². The number of carbonyl (C=O) groups excluding carboxylic acids is 2. The second kappa shape index (κ2) is 10.9. The van der Waals surface area contributed by atoms with Crippen molar-refractivity contribution in [3.05, 3.63) is 83.9 Å². The second-order valence-corrected chi connectivity index (χ2v) is 15.6. The third kappa shape index (κ3) is 4.30. The average molecular weight is 627 g/mol. The average Bonchev–Trinajstić information content (AvgIpc) is 3.67. The lowest BCUT2D eigenvalue weighted by Gasteiger charge is -2.71. The molecule has 2 bridgehead atoms. The number of ketones is 1. The number of nitrogens with one attached hydrogen (secondary N) is 1. The van der Waals surface area contributed by atoms with Crippen LogP contribution in [0.3, 0.4) is 0 Å². The zero-order valence-electron chi connectivity index (χ0n) is 27.8. The summed E-state index contributed by atoms with van der Waals surface area (Å²) >= 11 is 0. The highest BCUT2D eigenvalue weighted by Gasteiger charge is 2.74. The molecule has 8 rings (SSSR count). The van der Waals surface area contributed by atoms with E-state index in [1.165, 1.54) is 0 Å². The predicted molar refractivity (Wildman–Crippen MR) is 177 cm³/mol. The number of hydrogen-bond donors (Lipinski definition) is 3. The molecule has 46 heavy (non-hydrogen) atoms. The van der Waals surface area contributed by atoms with Crippen LogP contribution in [-0.4, -0.2) is 51.7 Å². The number of hydrogen-bond acceptors (Lipinski definition) is 5. The number of amides is 2. The molecule has 1 unspecified atom stereocenters. The molecule has 1 aromatic carbocycles. The Morgan fingerprint density at radius 1 is 1.00 bits per heavy atom. The number of fused-ring (bicyclic) bond motifs is 1. The lowest BCUT2D eigenvalue weighted by molar-refractivity contribution is -0.174. The van der Waals surface area contributed by atoms with Crippen LogP contribution in [0.1, 0.15) is 101 Å². The molecular formula is C39H50N2O5. The fraction of sp³-hybridized carbons (Fsp3) is 0.590. The van der Waals surface area contributed by atoms with Crippen molar-refractivity contribution in [1.82, 2.24) is 10.2 Å². The van der Waals surface area contributed by atoms with E-state index in [1.54, 1.807) is 18.4 Å². The molecule has 3 saturated carbocycles. The van der Waals surface area contributed by atoms with Gasteiger partial charge in [0, 0.05) is 28.4 Å². The number of furan rings is 1. The SMILES string of the molecule is CCCN(C[C@]1(O)CC[C@H]2[C@]34C=C[C@@]5(C=C3C(=O)c3ccco3)CC(O)CC[C@]5(C)[C@H]4CC[C@@]21C)C(=O)N[C@H](C)c1ccccc1. The largest absolute Gasteiger partial charge is 0.461 e. The Hall–Kier alpha value is -3.16. The van der Waals surface area contributed by atoms with E-state index >= 15 is 0 Å². The Morgan fingerprint density at radius 3 is 2.43 bits per heavy atom. The Bertz CT molecular complexity index is 1550. The number of aliphatic hydroxyl groups is 2. The van der Waals surface area contributed by atoms with Gasteiger partial charge in [0.15, 0.2) is 5.76 Å². The maximum atomic E-state index is 14.4. The molecular weight excluding hydrogens is 576 g/mol. The number of nitrogens with zero attached hydrogens (tertiary/aromatic N) is 1. The van der Waals surface area contributed by atoms with Crippen LogP contribution in [0.4, 0.5) is 4.79 Å². The highest BCUT2D eigenvalue weighted by atomic mass is 16.3. The van der Waals surface area contributed by atoms with Gasteiger partial charge in [-0.05, 0) is 93.2 Å². The van der Waals surface area contributed by atoms with E-state index in [2.05, 4.69) is 44.3 Å². The summed E-state index contributed by atoms with van der Waals surface area (Å²) < 4.78 is 5.70. The molecule has 1 aromatic heterocycles. The van der Waals surface area contributed by atoms with Gasteiger partial charge in [-0.15, -0.1) is 0 Å². The first kappa shape index (κ1) is 31.4. The third-order valence-electron chi connectivity index (χ3n) is 13.6. The van der Waals surface area contributed by atoms with Crippen molar-refractivity contribution in [2.75, 3.05) is 13.1 Å². The van der Waals surface area contributed by atoms with Gasteiger partial charge in [-0.1, -0.05) is 69.3 Å². The molecule has 1 heterocycles. The molecule has 6 aliphatic rings. The molecule has 2 spiro atoms. The number of allylic oxidation sites excluding steroid dienone is 4. The first-order chi connectivity index (χ1) is 21.9. The minimum Gasteiger partial charge on any atom is -0.461 e. The minimum atomic E-state index is -1.11. The van der Waals surface area contributed by atoms with E-state index in [0.717, 1.165) is 49.7 Å². The Kier molecular flexibility index (Phi) is 7.48. The van der Waals surface area contributed by atoms with Gasteiger partial charge in [0.05, 0.1) is 30.6 Å². The summed E-state index contributed by atoms with van der Waals surface area (Å²) in [6, 6.07) is 13.1. The van der Waals surface area contributed by atoms with Crippen LogP contribution in [0.5, 0.6) is 0 Å². The number of benzene rings is 1. The summed E-state index contributed by atoms with van der Waals surface area (Å²) in [5, 5.41) is 26.9. The lowest BCUT2D eigenvalue weighted by atomic mass is 9.32. The quantitative estimate of drug-likeness (QED) is 0.212. The van der Waals surface area contributed by atoms with Crippen LogP contribution < -0.4 is 5.32 Å². The van der Waals surface area contributed by atoms with Crippen molar-refractivity contribution in [3.8, 4) is 0 Å². The molecule has 0 saturated heterocycles. The zero-order valence-corrected chi connectivity index (χ0v) is 27.8. The van der Waals surface area contributed by atoms with Crippen LogP contribution >= 0.6 is 0 Å². The van der Waals surface area contributed by atoms with Crippen molar-refractivity contribution in [3.63, 3.8) is 0 Å². The molecule has 2 amide bonds. The first-order valence-electron chi connectivity index (χ1n) is 17.5. The lowest BCUT2D eigenvalue weighted by Crippen LogP contribution is -2.67. The van der Waals surface area contributed by atoms with Crippen LogP contribution in [0.25, 0.3) is 0 Å². The maximum Gasteiger partial charge on any atom is 0.317 e. The molecule has 0 aliphatic heterocycles. The van der Waals surface area contributed by atoms with Crippen molar-refractivity contribution in [2.24, 2.45) is 33.5 Å². The van der Waals surface area contributed by atoms with E-state index in [9.17, 15) is 19.8 Å². The van der Waals surface area contributed by atoms with Gasteiger partial charge < -0.3 is 24.8 Å². The number of aliphatic hydroxyl groups excluding tert-OH is 1. The molecule has 0 radical (unpaired) electrons. The topological polar surface area (TPSA) is 103 Å². The first-order valence-corrected chi connectivity index (χ1v) is 17.5. The zero-order chi connectivity index (χ0) is 32.5. The second-order valence-electron chi connectivity index (χ2n) is 15.6. The Balaban J connectivity index is 1.25. The molecule has 3 fully saturated rings. The van der Waals surface area contributed by atoms with Gasteiger partial charge >= 0.3 is 6.03 Å². The van der Waals surface area contributed by atoms with E-state index in [0.29, 0.717) is 25.1 Å². The van der Waals surface area contributed by atoms with Crippen LogP contribution in [0.15, 0.2) is 76.9 Å². The summed E-state index contributed by atoms with van der Waals surface area (Å²) in [5.74, 6) is 0.483. The minimum absolute atomic E-state index is 0.0157. The van der Waals surface area contributed by atoms with Crippen LogP contribution in [0.2, 0.25) is 0 Å². The molecule has 246 valence electrons. The van der Waals surface area contributed by atoms with Gasteiger partial charge in [0.2, 0.25) is 5.78 Å².